The molecule has 5 nitrogen and oxygen atoms in total. The Labute approximate surface area is 155 Å². The Bertz CT molecular complexity index is 1310. The van der Waals surface area contributed by atoms with Gasteiger partial charge in [-0.05, 0) is 62.3 Å². The first-order valence-electron chi connectivity index (χ1n) is 9.64. The summed E-state index contributed by atoms with van der Waals surface area (Å²) in [6.07, 6.45) is 5.15. The maximum atomic E-state index is 13.8. The zero-order valence-electron chi connectivity index (χ0n) is 14.9. The maximum Gasteiger partial charge on any atom is 0.267 e. The summed E-state index contributed by atoms with van der Waals surface area (Å²) >= 11 is 0. The highest BCUT2D eigenvalue weighted by Gasteiger charge is 2.51. The minimum Gasteiger partial charge on any atom is -0.273 e. The third-order valence-corrected chi connectivity index (χ3v) is 6.72. The monoisotopic (exact) mass is 357 g/mol. The number of fused-ring (bicyclic) bond motifs is 6. The first kappa shape index (κ1) is 15.1. The lowest BCUT2D eigenvalue weighted by atomic mass is 9.83. The van der Waals surface area contributed by atoms with E-state index < -0.39 is 0 Å². The molecule has 2 fully saturated rings. The molecule has 2 aromatic carbocycles. The largest absolute Gasteiger partial charge is 0.273 e. The van der Waals surface area contributed by atoms with Crippen LogP contribution in [0.2, 0.25) is 0 Å². The predicted octanol–water partition coefficient (Wildman–Crippen LogP) is 4.02. The number of carbonyl (C=O) groups is 1. The van der Waals surface area contributed by atoms with E-state index in [2.05, 4.69) is 0 Å². The minimum absolute atomic E-state index is 0.114. The van der Waals surface area contributed by atoms with Crippen LogP contribution in [0.1, 0.15) is 36.9 Å². The fraction of sp³-hybridized carbons (Fsp3) is 0.318. The van der Waals surface area contributed by atoms with Crippen molar-refractivity contribution in [2.45, 2.75) is 32.1 Å². The van der Waals surface area contributed by atoms with Crippen LogP contribution in [0.5, 0.6) is 0 Å². The van der Waals surface area contributed by atoms with Gasteiger partial charge >= 0.3 is 0 Å². The van der Waals surface area contributed by atoms with Crippen molar-refractivity contribution in [3.8, 4) is 0 Å². The normalized spacial score (nSPS) is 24.4. The lowest BCUT2D eigenvalue weighted by Crippen LogP contribution is -2.32. The highest BCUT2D eigenvalue weighted by atomic mass is 16.2. The number of rotatable bonds is 1. The molecule has 0 amide bonds. The van der Waals surface area contributed by atoms with E-state index in [1.165, 1.54) is 0 Å². The Hall–Kier alpha value is -2.95. The predicted molar refractivity (Wildman–Crippen MR) is 104 cm³/mol. The van der Waals surface area contributed by atoms with Crippen LogP contribution in [0.3, 0.4) is 0 Å². The molecule has 0 radical (unpaired) electrons. The summed E-state index contributed by atoms with van der Waals surface area (Å²) in [7, 11) is 0. The highest BCUT2D eigenvalue weighted by molar-refractivity contribution is 5.99. The van der Waals surface area contributed by atoms with E-state index in [0.29, 0.717) is 22.6 Å². The van der Waals surface area contributed by atoms with Crippen LogP contribution in [0.25, 0.3) is 27.7 Å². The summed E-state index contributed by atoms with van der Waals surface area (Å²) in [5.41, 5.74) is 1.75. The molecule has 0 spiro atoms. The number of hydrogen-bond donors (Lipinski definition) is 0. The Balaban J connectivity index is 1.75. The van der Waals surface area contributed by atoms with E-state index in [1.807, 2.05) is 42.5 Å². The molecule has 2 bridgehead atoms. The van der Waals surface area contributed by atoms with E-state index in [1.54, 1.807) is 15.0 Å². The van der Waals surface area contributed by atoms with Crippen LogP contribution < -0.4 is 5.56 Å². The van der Waals surface area contributed by atoms with E-state index in [9.17, 15) is 9.59 Å². The molecule has 2 aromatic heterocycles. The Morgan fingerprint density at radius 2 is 1.70 bits per heavy atom. The molecule has 0 aliphatic heterocycles. The van der Waals surface area contributed by atoms with Crippen molar-refractivity contribution in [2.24, 2.45) is 11.3 Å². The van der Waals surface area contributed by atoms with Gasteiger partial charge in [0.2, 0.25) is 11.7 Å². The maximum absolute atomic E-state index is 13.8. The minimum atomic E-state index is -0.281. The molecule has 27 heavy (non-hydrogen) atoms. The quantitative estimate of drug-likeness (QED) is 0.517. The molecular weight excluding hydrogens is 338 g/mol. The van der Waals surface area contributed by atoms with Gasteiger partial charge < -0.3 is 0 Å². The Morgan fingerprint density at radius 1 is 1.00 bits per heavy atom. The smallest absolute Gasteiger partial charge is 0.267 e. The number of benzene rings is 2. The van der Waals surface area contributed by atoms with E-state index in [0.717, 1.165) is 43.1 Å². The number of nitrogens with zero attached hydrogens (tertiary/aromatic N) is 3. The third kappa shape index (κ3) is 1.86. The van der Waals surface area contributed by atoms with Crippen LogP contribution >= 0.6 is 0 Å². The van der Waals surface area contributed by atoms with Crippen molar-refractivity contribution in [1.82, 2.24) is 14.0 Å². The molecule has 0 atom stereocenters. The van der Waals surface area contributed by atoms with Gasteiger partial charge in [0.25, 0.3) is 5.56 Å². The van der Waals surface area contributed by atoms with Gasteiger partial charge in [-0.3, -0.25) is 9.59 Å². The van der Waals surface area contributed by atoms with Gasteiger partial charge in [-0.2, -0.15) is 0 Å². The molecular formula is C22H19N3O2. The van der Waals surface area contributed by atoms with Crippen LogP contribution in [0, 0.1) is 11.3 Å². The molecule has 6 rings (SSSR count). The third-order valence-electron chi connectivity index (χ3n) is 6.72. The Morgan fingerprint density at radius 3 is 2.44 bits per heavy atom. The molecule has 0 N–H and O–H groups in total. The standard InChI is InChI=1S/C22H19N3O2/c26-19-15-5-1-2-6-16(15)23-21-24(19)17-7-3-4-8-18(17)25(21)20(27)22-11-9-14(13-22)10-12-22/h1-8,14H,9-13H2. The van der Waals surface area contributed by atoms with Crippen molar-refractivity contribution in [3.63, 3.8) is 0 Å². The zero-order valence-corrected chi connectivity index (χ0v) is 14.9. The molecule has 0 unspecified atom stereocenters. The second-order valence-corrected chi connectivity index (χ2v) is 8.13. The molecule has 2 aliphatic carbocycles. The van der Waals surface area contributed by atoms with Crippen molar-refractivity contribution < 1.29 is 4.79 Å². The average molecular weight is 357 g/mol. The van der Waals surface area contributed by atoms with E-state index >= 15 is 0 Å². The molecule has 4 aromatic rings. The van der Waals surface area contributed by atoms with Gasteiger partial charge in [-0.15, -0.1) is 0 Å². The fourth-order valence-electron chi connectivity index (χ4n) is 5.37. The fourth-order valence-corrected chi connectivity index (χ4v) is 5.37. The lowest BCUT2D eigenvalue weighted by molar-refractivity contribution is 0.0718. The van der Waals surface area contributed by atoms with E-state index in [-0.39, 0.29) is 16.9 Å². The first-order valence-corrected chi connectivity index (χ1v) is 9.64. The van der Waals surface area contributed by atoms with Gasteiger partial charge in [-0.25, -0.2) is 14.0 Å². The second-order valence-electron chi connectivity index (χ2n) is 8.13. The summed E-state index contributed by atoms with van der Waals surface area (Å²) < 4.78 is 3.32. The van der Waals surface area contributed by atoms with Gasteiger partial charge in [0, 0.05) is 0 Å². The van der Waals surface area contributed by atoms with E-state index in [4.69, 9.17) is 4.98 Å². The molecule has 2 heterocycles. The number of hydrogen-bond acceptors (Lipinski definition) is 3. The summed E-state index contributed by atoms with van der Waals surface area (Å²) in [5, 5.41) is 0.574. The first-order chi connectivity index (χ1) is 13.2. The van der Waals surface area contributed by atoms with Crippen LogP contribution in [0.15, 0.2) is 53.3 Å². The lowest BCUT2D eigenvalue weighted by Gasteiger charge is -2.25. The van der Waals surface area contributed by atoms with Crippen molar-refractivity contribution >= 4 is 33.6 Å². The molecule has 2 saturated carbocycles. The van der Waals surface area contributed by atoms with Crippen LogP contribution in [-0.4, -0.2) is 19.9 Å². The summed E-state index contributed by atoms with van der Waals surface area (Å²) in [6, 6.07) is 15.0. The van der Waals surface area contributed by atoms with Crippen molar-refractivity contribution in [1.29, 1.82) is 0 Å². The molecule has 5 heteroatoms. The zero-order chi connectivity index (χ0) is 18.2. The molecule has 134 valence electrons. The van der Waals surface area contributed by atoms with Crippen LogP contribution in [0.4, 0.5) is 0 Å². The van der Waals surface area contributed by atoms with Crippen LogP contribution in [-0.2, 0) is 0 Å². The van der Waals surface area contributed by atoms with Crippen molar-refractivity contribution in [3.05, 3.63) is 58.9 Å². The molecule has 0 saturated heterocycles. The summed E-state index contributed by atoms with van der Waals surface area (Å²) in [5.74, 6) is 1.23. The topological polar surface area (TPSA) is 56.4 Å². The summed E-state index contributed by atoms with van der Waals surface area (Å²) in [6.45, 7) is 0. The molecule has 2 aliphatic rings. The SMILES string of the molecule is O=C(n1c2ccccc2n2c(=O)c3ccccc3nc12)C12CCC(CC1)C2. The second kappa shape index (κ2) is 5.06. The Kier molecular flexibility index (Phi) is 2.84. The number of imidazole rings is 1. The number of carbonyl (C=O) groups excluding carboxylic acids is 1. The summed E-state index contributed by atoms with van der Waals surface area (Å²) in [4.78, 5) is 31.7. The van der Waals surface area contributed by atoms with Gasteiger partial charge in [0.1, 0.15) is 0 Å². The number of para-hydroxylation sites is 3. The van der Waals surface area contributed by atoms with Gasteiger partial charge in [0.05, 0.1) is 27.4 Å². The average Bonchev–Trinajstić information content (AvgIpc) is 3.40. The van der Waals surface area contributed by atoms with Gasteiger partial charge in [0.15, 0.2) is 0 Å². The number of aromatic nitrogens is 3. The van der Waals surface area contributed by atoms with Crippen molar-refractivity contribution in [2.75, 3.05) is 0 Å². The van der Waals surface area contributed by atoms with Gasteiger partial charge in [-0.1, -0.05) is 24.3 Å². The highest BCUT2D eigenvalue weighted by Crippen LogP contribution is 2.55.